The summed E-state index contributed by atoms with van der Waals surface area (Å²) in [7, 11) is -7.05. The SMILES string of the molecule is C[Si](C)(C)CCOP(=O)(OCC[Si](C)(C)C)Oc1ccc(F)cc1COC(=O)Nc1cccnc1/C=N/NC(N)=S. The Bertz CT molecular complexity index is 1250. The molecule has 0 radical (unpaired) electrons. The number of carbonyl (C=O) groups excluding carboxylic acids is 1. The van der Waals surface area contributed by atoms with E-state index in [9.17, 15) is 13.8 Å². The van der Waals surface area contributed by atoms with Crippen LogP contribution in [0.1, 0.15) is 11.3 Å². The van der Waals surface area contributed by atoms with E-state index < -0.39 is 42.5 Å². The van der Waals surface area contributed by atoms with Crippen molar-refractivity contribution < 1.29 is 32.1 Å². The summed E-state index contributed by atoms with van der Waals surface area (Å²) in [5.74, 6) is -0.580. The van der Waals surface area contributed by atoms with Gasteiger partial charge in [0.2, 0.25) is 0 Å². The number of aromatic nitrogens is 1. The summed E-state index contributed by atoms with van der Waals surface area (Å²) in [6.45, 7) is 13.0. The van der Waals surface area contributed by atoms with Crippen LogP contribution >= 0.6 is 20.0 Å². The standard InChI is InChI=1S/C25H39FN5O6PSSi2/c1-40(2,3)14-12-35-38(33,36-13-15-41(4,5)6)37-23-10-9-20(26)16-19(23)18-34-25(32)30-21-8-7-11-28-22(21)17-29-31-24(27)39/h7-11,16-17H,12-15,18H2,1-6H3,(H,30,32)(H3,27,31,39)/b29-17+. The first-order chi connectivity index (χ1) is 19.1. The summed E-state index contributed by atoms with van der Waals surface area (Å²) < 4.78 is 50.2. The van der Waals surface area contributed by atoms with E-state index in [1.165, 1.54) is 18.5 Å². The monoisotopic (exact) mass is 643 g/mol. The van der Waals surface area contributed by atoms with Gasteiger partial charge in [-0.05, 0) is 54.6 Å². The van der Waals surface area contributed by atoms with E-state index in [4.69, 9.17) is 36.3 Å². The highest BCUT2D eigenvalue weighted by Crippen LogP contribution is 2.51. The normalized spacial score (nSPS) is 12.3. The zero-order chi connectivity index (χ0) is 30.7. The third-order valence-corrected chi connectivity index (χ3v) is 10.1. The molecule has 0 saturated carbocycles. The Kier molecular flexibility index (Phi) is 13.1. The van der Waals surface area contributed by atoms with Gasteiger partial charge >= 0.3 is 13.9 Å². The fourth-order valence-electron chi connectivity index (χ4n) is 2.96. The number of thiocarbonyl (C=S) groups is 1. The molecule has 1 heterocycles. The number of anilines is 1. The smallest absolute Gasteiger partial charge is 0.444 e. The molecule has 0 unspecified atom stereocenters. The maximum absolute atomic E-state index is 14.2. The van der Waals surface area contributed by atoms with E-state index in [0.717, 1.165) is 24.2 Å². The molecule has 0 atom stereocenters. The number of hydrogen-bond acceptors (Lipinski definition) is 9. The van der Waals surface area contributed by atoms with Gasteiger partial charge in [0.05, 0.1) is 25.1 Å². The maximum Gasteiger partial charge on any atom is 0.530 e. The van der Waals surface area contributed by atoms with Crippen LogP contribution < -0.4 is 21.0 Å². The molecule has 0 fully saturated rings. The number of halogens is 1. The van der Waals surface area contributed by atoms with Crippen LogP contribution in [-0.2, 0) is 25.0 Å². The van der Waals surface area contributed by atoms with Gasteiger partial charge in [-0.15, -0.1) is 0 Å². The Morgan fingerprint density at radius 2 is 1.76 bits per heavy atom. The van der Waals surface area contributed by atoms with Gasteiger partial charge in [-0.1, -0.05) is 39.3 Å². The predicted octanol–water partition coefficient (Wildman–Crippen LogP) is 6.33. The van der Waals surface area contributed by atoms with E-state index in [0.29, 0.717) is 5.69 Å². The van der Waals surface area contributed by atoms with Gasteiger partial charge in [-0.2, -0.15) is 5.10 Å². The number of nitrogens with zero attached hydrogens (tertiary/aromatic N) is 2. The third-order valence-electron chi connectivity index (χ3n) is 5.23. The average molecular weight is 644 g/mol. The lowest BCUT2D eigenvalue weighted by Gasteiger charge is -2.23. The van der Waals surface area contributed by atoms with Crippen molar-refractivity contribution in [1.82, 2.24) is 10.4 Å². The topological polar surface area (TPSA) is 146 Å². The van der Waals surface area contributed by atoms with Crippen molar-refractivity contribution >= 4 is 59.3 Å². The molecule has 0 aliphatic heterocycles. The van der Waals surface area contributed by atoms with E-state index in [-0.39, 0.29) is 35.3 Å². The lowest BCUT2D eigenvalue weighted by atomic mass is 10.2. The molecule has 2 rings (SSSR count). The molecule has 4 N–H and O–H groups in total. The molecule has 0 saturated heterocycles. The largest absolute Gasteiger partial charge is 0.530 e. The van der Waals surface area contributed by atoms with Crippen LogP contribution in [-0.4, -0.2) is 51.8 Å². The zero-order valence-electron chi connectivity index (χ0n) is 24.2. The molecule has 226 valence electrons. The van der Waals surface area contributed by atoms with Gasteiger partial charge in [-0.3, -0.25) is 24.8 Å². The lowest BCUT2D eigenvalue weighted by Crippen LogP contribution is -2.24. The molecule has 0 aliphatic carbocycles. The van der Waals surface area contributed by atoms with Crippen molar-refractivity contribution in [2.24, 2.45) is 10.8 Å². The van der Waals surface area contributed by atoms with Crippen LogP contribution in [0.4, 0.5) is 14.9 Å². The van der Waals surface area contributed by atoms with Gasteiger partial charge in [0, 0.05) is 27.9 Å². The van der Waals surface area contributed by atoms with Crippen molar-refractivity contribution in [3.05, 3.63) is 53.6 Å². The molecular formula is C25H39FN5O6PSSi2. The molecule has 41 heavy (non-hydrogen) atoms. The number of amides is 1. The average Bonchev–Trinajstić information content (AvgIpc) is 2.83. The first-order valence-corrected chi connectivity index (χ1v) is 22.2. The molecule has 1 aromatic heterocycles. The van der Waals surface area contributed by atoms with E-state index >= 15 is 0 Å². The minimum Gasteiger partial charge on any atom is -0.444 e. The Balaban J connectivity index is 2.16. The minimum atomic E-state index is -4.06. The summed E-state index contributed by atoms with van der Waals surface area (Å²) in [5.41, 5.74) is 8.47. The molecule has 1 aromatic carbocycles. The minimum absolute atomic E-state index is 0.0153. The number of hydrazone groups is 1. The van der Waals surface area contributed by atoms with Gasteiger partial charge in [0.1, 0.15) is 23.9 Å². The molecule has 0 spiro atoms. The summed E-state index contributed by atoms with van der Waals surface area (Å²) in [6, 6.07) is 8.25. The Morgan fingerprint density at radius 3 is 2.34 bits per heavy atom. The first kappa shape index (κ1) is 34.5. The van der Waals surface area contributed by atoms with Gasteiger partial charge in [-0.25, -0.2) is 13.8 Å². The van der Waals surface area contributed by atoms with Crippen molar-refractivity contribution in [2.45, 2.75) is 58.0 Å². The van der Waals surface area contributed by atoms with E-state index in [2.05, 4.69) is 60.1 Å². The van der Waals surface area contributed by atoms with Crippen LogP contribution in [0.15, 0.2) is 41.6 Å². The van der Waals surface area contributed by atoms with Crippen LogP contribution in [0.25, 0.3) is 0 Å². The van der Waals surface area contributed by atoms with Gasteiger partial charge in [0.15, 0.2) is 5.11 Å². The number of pyridine rings is 1. The van der Waals surface area contributed by atoms with Crippen molar-refractivity contribution in [3.8, 4) is 5.75 Å². The fraction of sp³-hybridized carbons (Fsp3) is 0.440. The highest BCUT2D eigenvalue weighted by molar-refractivity contribution is 7.80. The Morgan fingerprint density at radius 1 is 1.12 bits per heavy atom. The number of nitrogens with one attached hydrogen (secondary N) is 2. The quantitative estimate of drug-likeness (QED) is 0.0661. The van der Waals surface area contributed by atoms with Gasteiger partial charge < -0.3 is 15.0 Å². The van der Waals surface area contributed by atoms with Gasteiger partial charge in [0.25, 0.3) is 0 Å². The number of nitrogens with two attached hydrogens (primary N) is 1. The number of phosphoric acid groups is 1. The molecular weight excluding hydrogens is 605 g/mol. The summed E-state index contributed by atoms with van der Waals surface area (Å²) in [5, 5.41) is 6.34. The van der Waals surface area contributed by atoms with E-state index in [1.54, 1.807) is 12.1 Å². The number of rotatable bonds is 15. The number of phosphoric ester groups is 1. The second-order valence-electron chi connectivity index (χ2n) is 11.4. The second kappa shape index (κ2) is 15.5. The summed E-state index contributed by atoms with van der Waals surface area (Å²) in [4.78, 5) is 16.7. The summed E-state index contributed by atoms with van der Waals surface area (Å²) in [6.07, 6.45) is 1.96. The first-order valence-electron chi connectivity index (χ1n) is 12.9. The highest BCUT2D eigenvalue weighted by atomic mass is 32.1. The number of carbonyl (C=O) groups is 1. The second-order valence-corrected chi connectivity index (χ2v) is 24.7. The fourth-order valence-corrected chi connectivity index (χ4v) is 6.01. The maximum atomic E-state index is 14.2. The molecule has 1 amide bonds. The lowest BCUT2D eigenvalue weighted by molar-refractivity contribution is 0.151. The van der Waals surface area contributed by atoms with Crippen molar-refractivity contribution in [2.75, 3.05) is 18.5 Å². The summed E-state index contributed by atoms with van der Waals surface area (Å²) >= 11 is 4.69. The van der Waals surface area contributed by atoms with E-state index in [1.807, 2.05) is 0 Å². The Labute approximate surface area is 248 Å². The predicted molar refractivity (Wildman–Crippen MR) is 168 cm³/mol. The van der Waals surface area contributed by atoms with Crippen LogP contribution in [0, 0.1) is 5.82 Å². The third kappa shape index (κ3) is 14.2. The van der Waals surface area contributed by atoms with Crippen molar-refractivity contribution in [3.63, 3.8) is 0 Å². The van der Waals surface area contributed by atoms with Crippen molar-refractivity contribution in [1.29, 1.82) is 0 Å². The van der Waals surface area contributed by atoms with Crippen LogP contribution in [0.3, 0.4) is 0 Å². The van der Waals surface area contributed by atoms with Crippen LogP contribution in [0.2, 0.25) is 51.4 Å². The Hall–Kier alpha value is -2.69. The number of ether oxygens (including phenoxy) is 1. The molecule has 2 aromatic rings. The number of benzene rings is 1. The molecule has 11 nitrogen and oxygen atoms in total. The molecule has 16 heteroatoms. The molecule has 0 bridgehead atoms. The van der Waals surface area contributed by atoms with Crippen LogP contribution in [0.5, 0.6) is 5.75 Å². The highest BCUT2D eigenvalue weighted by Gasteiger charge is 2.32. The zero-order valence-corrected chi connectivity index (χ0v) is 27.9. The number of hydrogen-bond donors (Lipinski definition) is 3. The molecule has 0 aliphatic rings.